The summed E-state index contributed by atoms with van der Waals surface area (Å²) in [5.74, 6) is 1.77. The highest BCUT2D eigenvalue weighted by molar-refractivity contribution is 5.91. The highest BCUT2D eigenvalue weighted by Gasteiger charge is 2.61. The Morgan fingerprint density at radius 2 is 2.00 bits per heavy atom. The molecule has 0 radical (unpaired) electrons. The molecule has 3 fully saturated rings. The zero-order chi connectivity index (χ0) is 17.8. The van der Waals surface area contributed by atoms with E-state index >= 15 is 0 Å². The summed E-state index contributed by atoms with van der Waals surface area (Å²) in [6, 6.07) is 0. The van der Waals surface area contributed by atoms with Gasteiger partial charge in [-0.3, -0.25) is 9.59 Å². The van der Waals surface area contributed by atoms with Crippen molar-refractivity contribution < 1.29 is 19.4 Å². The van der Waals surface area contributed by atoms with Crippen molar-refractivity contribution in [1.82, 2.24) is 0 Å². The zero-order valence-corrected chi connectivity index (χ0v) is 15.4. The van der Waals surface area contributed by atoms with E-state index in [0.29, 0.717) is 24.2 Å². The van der Waals surface area contributed by atoms with Crippen LogP contribution in [0.1, 0.15) is 58.3 Å². The summed E-state index contributed by atoms with van der Waals surface area (Å²) < 4.78 is 5.10. The number of carbonyl (C=O) groups is 2. The maximum atomic E-state index is 12.3. The van der Waals surface area contributed by atoms with Gasteiger partial charge in [-0.05, 0) is 74.2 Å². The maximum absolute atomic E-state index is 12.3. The summed E-state index contributed by atoms with van der Waals surface area (Å²) in [7, 11) is 1.50. The lowest BCUT2D eigenvalue weighted by Gasteiger charge is -2.58. The lowest BCUT2D eigenvalue weighted by Crippen LogP contribution is -2.53. The van der Waals surface area contributed by atoms with Gasteiger partial charge >= 0.3 is 5.97 Å². The van der Waals surface area contributed by atoms with E-state index in [0.717, 1.165) is 44.9 Å². The molecule has 0 bridgehead atoms. The molecule has 138 valence electrons. The molecule has 4 nitrogen and oxygen atoms in total. The summed E-state index contributed by atoms with van der Waals surface area (Å²) in [4.78, 5) is 24.2. The highest BCUT2D eigenvalue weighted by Crippen LogP contribution is 2.66. The van der Waals surface area contributed by atoms with Gasteiger partial charge in [0.1, 0.15) is 0 Å². The second kappa shape index (κ2) is 5.94. The molecule has 0 aliphatic heterocycles. The fraction of sp³-hybridized carbons (Fsp3) is 0.810. The van der Waals surface area contributed by atoms with Crippen LogP contribution in [0.25, 0.3) is 0 Å². The van der Waals surface area contributed by atoms with Crippen molar-refractivity contribution >= 4 is 11.8 Å². The van der Waals surface area contributed by atoms with Gasteiger partial charge in [-0.15, -0.1) is 0 Å². The number of ketones is 1. The molecular weight excluding hydrogens is 316 g/mol. The van der Waals surface area contributed by atoms with E-state index < -0.39 is 0 Å². The van der Waals surface area contributed by atoms with Crippen molar-refractivity contribution in [2.45, 2.75) is 58.3 Å². The van der Waals surface area contributed by atoms with E-state index in [4.69, 9.17) is 4.74 Å². The van der Waals surface area contributed by atoms with Crippen LogP contribution in [0.5, 0.6) is 0 Å². The molecule has 0 heterocycles. The minimum atomic E-state index is -0.179. The molecule has 4 heteroatoms. The number of hydrogen-bond donors (Lipinski definition) is 1. The minimum absolute atomic E-state index is 0.0263. The molecule has 0 aromatic carbocycles. The van der Waals surface area contributed by atoms with Crippen LogP contribution in [0.15, 0.2) is 11.6 Å². The van der Waals surface area contributed by atoms with E-state index in [1.807, 2.05) is 6.08 Å². The Balaban J connectivity index is 1.67. The third-order valence-electron chi connectivity index (χ3n) is 8.45. The molecule has 3 saturated carbocycles. The summed E-state index contributed by atoms with van der Waals surface area (Å²) in [5, 5.41) is 10.4. The standard InChI is InChI=1S/C21H30O4/c1-20-9-8-17-15(16(20)5-6-18(20)19(24)25-2)4-3-13-11-14(23)7-10-21(13,17)12-22/h11,15-18,22H,3-10,12H2,1-2H3. The number of hydrogen-bond acceptors (Lipinski definition) is 4. The summed E-state index contributed by atoms with van der Waals surface area (Å²) in [5.41, 5.74) is 1.07. The lowest BCUT2D eigenvalue weighted by atomic mass is 9.46. The topological polar surface area (TPSA) is 63.6 Å². The summed E-state index contributed by atoms with van der Waals surface area (Å²) >= 11 is 0. The fourth-order valence-corrected chi connectivity index (χ4v) is 7.19. The number of carbonyl (C=O) groups excluding carboxylic acids is 2. The van der Waals surface area contributed by atoms with Gasteiger partial charge in [-0.2, -0.15) is 0 Å². The average Bonchev–Trinajstić information content (AvgIpc) is 2.98. The SMILES string of the molecule is COC(=O)C1CCC2C3CCC4=CC(=O)CCC4(CO)C3CCC12C. The van der Waals surface area contributed by atoms with E-state index in [1.54, 1.807) is 0 Å². The van der Waals surface area contributed by atoms with E-state index in [-0.39, 0.29) is 35.1 Å². The number of fused-ring (bicyclic) bond motifs is 5. The van der Waals surface area contributed by atoms with E-state index in [1.165, 1.54) is 12.7 Å². The molecule has 1 N–H and O–H groups in total. The van der Waals surface area contributed by atoms with Crippen LogP contribution in [-0.2, 0) is 14.3 Å². The van der Waals surface area contributed by atoms with E-state index in [2.05, 4.69) is 6.92 Å². The molecule has 25 heavy (non-hydrogen) atoms. The van der Waals surface area contributed by atoms with Crippen molar-refractivity contribution in [3.05, 3.63) is 11.6 Å². The Morgan fingerprint density at radius 1 is 1.20 bits per heavy atom. The van der Waals surface area contributed by atoms with Gasteiger partial charge in [-0.1, -0.05) is 12.5 Å². The normalized spacial score (nSPS) is 45.9. The number of methoxy groups -OCH3 is 1. The first kappa shape index (κ1) is 17.3. The molecule has 6 atom stereocenters. The van der Waals surface area contributed by atoms with Crippen LogP contribution in [0, 0.1) is 34.5 Å². The predicted molar refractivity (Wildman–Crippen MR) is 93.6 cm³/mol. The molecule has 0 saturated heterocycles. The zero-order valence-electron chi connectivity index (χ0n) is 15.4. The molecule has 0 spiro atoms. The first-order valence-corrected chi connectivity index (χ1v) is 9.89. The Bertz CT molecular complexity index is 623. The molecular formula is C21H30O4. The van der Waals surface area contributed by atoms with Crippen LogP contribution in [0.3, 0.4) is 0 Å². The van der Waals surface area contributed by atoms with Crippen LogP contribution < -0.4 is 0 Å². The predicted octanol–water partition coefficient (Wildman–Crippen LogP) is 3.28. The second-order valence-corrected chi connectivity index (χ2v) is 9.06. The number of rotatable bonds is 2. The summed E-state index contributed by atoms with van der Waals surface area (Å²) in [6.07, 6.45) is 9.36. The van der Waals surface area contributed by atoms with Crippen molar-refractivity contribution in [1.29, 1.82) is 0 Å². The van der Waals surface area contributed by atoms with Crippen molar-refractivity contribution in [2.75, 3.05) is 13.7 Å². The smallest absolute Gasteiger partial charge is 0.309 e. The Hall–Kier alpha value is -1.16. The molecule has 0 aromatic rings. The van der Waals surface area contributed by atoms with Crippen molar-refractivity contribution in [2.24, 2.45) is 34.5 Å². The van der Waals surface area contributed by atoms with Gasteiger partial charge in [0.15, 0.2) is 5.78 Å². The first-order valence-electron chi connectivity index (χ1n) is 9.89. The van der Waals surface area contributed by atoms with Crippen LogP contribution in [0.4, 0.5) is 0 Å². The quantitative estimate of drug-likeness (QED) is 0.780. The molecule has 0 amide bonds. The van der Waals surface area contributed by atoms with Gasteiger partial charge in [0.2, 0.25) is 0 Å². The second-order valence-electron chi connectivity index (χ2n) is 9.06. The molecule has 4 aliphatic carbocycles. The minimum Gasteiger partial charge on any atom is -0.469 e. The molecule has 4 aliphatic rings. The van der Waals surface area contributed by atoms with E-state index in [9.17, 15) is 14.7 Å². The lowest BCUT2D eigenvalue weighted by molar-refractivity contribution is -0.153. The highest BCUT2D eigenvalue weighted by atomic mass is 16.5. The Morgan fingerprint density at radius 3 is 2.72 bits per heavy atom. The maximum Gasteiger partial charge on any atom is 0.309 e. The molecule has 6 unspecified atom stereocenters. The largest absolute Gasteiger partial charge is 0.469 e. The van der Waals surface area contributed by atoms with Gasteiger partial charge in [0, 0.05) is 11.8 Å². The van der Waals surface area contributed by atoms with Gasteiger partial charge in [-0.25, -0.2) is 0 Å². The molecule has 4 rings (SSSR count). The average molecular weight is 346 g/mol. The number of ether oxygens (including phenoxy) is 1. The third-order valence-corrected chi connectivity index (χ3v) is 8.45. The number of esters is 1. The van der Waals surface area contributed by atoms with Crippen LogP contribution in [0.2, 0.25) is 0 Å². The monoisotopic (exact) mass is 346 g/mol. The first-order chi connectivity index (χ1) is 12.0. The van der Waals surface area contributed by atoms with Crippen molar-refractivity contribution in [3.63, 3.8) is 0 Å². The third kappa shape index (κ3) is 2.29. The van der Waals surface area contributed by atoms with Crippen LogP contribution >= 0.6 is 0 Å². The van der Waals surface area contributed by atoms with Gasteiger partial charge < -0.3 is 9.84 Å². The molecule has 0 aromatic heterocycles. The number of aliphatic hydroxyl groups is 1. The number of aliphatic hydroxyl groups excluding tert-OH is 1. The summed E-state index contributed by atoms with van der Waals surface area (Å²) in [6.45, 7) is 2.46. The van der Waals surface area contributed by atoms with Crippen molar-refractivity contribution in [3.8, 4) is 0 Å². The van der Waals surface area contributed by atoms with Crippen LogP contribution in [-0.4, -0.2) is 30.6 Å². The van der Waals surface area contributed by atoms with Gasteiger partial charge in [0.25, 0.3) is 0 Å². The Kier molecular flexibility index (Phi) is 4.10. The fourth-order valence-electron chi connectivity index (χ4n) is 7.19. The van der Waals surface area contributed by atoms with Gasteiger partial charge in [0.05, 0.1) is 19.6 Å². The Labute approximate surface area is 150 Å².